The minimum atomic E-state index is -0.355. The number of carbonyl (C=O) groups is 1. The van der Waals surface area contributed by atoms with Gasteiger partial charge in [-0.2, -0.15) is 0 Å². The van der Waals surface area contributed by atoms with Gasteiger partial charge in [0.2, 0.25) is 0 Å². The minimum Gasteiger partial charge on any atom is -0.457 e. The maximum atomic E-state index is 11.4. The van der Waals surface area contributed by atoms with Crippen LogP contribution in [-0.4, -0.2) is 22.4 Å². The van der Waals surface area contributed by atoms with Crippen molar-refractivity contribution in [1.82, 2.24) is 0 Å². The fourth-order valence-corrected chi connectivity index (χ4v) is 2.07. The van der Waals surface area contributed by atoms with Crippen molar-refractivity contribution in [2.24, 2.45) is 0 Å². The van der Waals surface area contributed by atoms with Gasteiger partial charge in [0.15, 0.2) is 0 Å². The largest absolute Gasteiger partial charge is 0.457 e. The van der Waals surface area contributed by atoms with E-state index in [4.69, 9.17) is 16.3 Å². The van der Waals surface area contributed by atoms with E-state index in [0.717, 1.165) is 5.56 Å². The first-order chi connectivity index (χ1) is 7.76. The molecule has 0 fully saturated rings. The molecule has 0 aliphatic carbocycles. The highest BCUT2D eigenvalue weighted by Crippen LogP contribution is 2.04. The lowest BCUT2D eigenvalue weighted by Crippen LogP contribution is -2.19. The molecule has 2 nitrogen and oxygen atoms in total. The second-order valence-electron chi connectivity index (χ2n) is 3.11. The lowest BCUT2D eigenvalue weighted by Gasteiger charge is -2.09. The molecule has 0 radical (unpaired) electrons. The summed E-state index contributed by atoms with van der Waals surface area (Å²) in [6.07, 6.45) is 2.93. The molecule has 86 valence electrons. The van der Waals surface area contributed by atoms with Crippen molar-refractivity contribution in [2.75, 3.05) is 10.3 Å². The number of alkyl halides is 2. The Hall–Kier alpha value is -0.550. The fraction of sp³-hybridized carbons (Fsp3) is 0.250. The van der Waals surface area contributed by atoms with Crippen molar-refractivity contribution in [3.63, 3.8) is 0 Å². The number of ether oxygens (including phenoxy) is 1. The summed E-state index contributed by atoms with van der Waals surface area (Å²) in [5.74, 6) is -0.0282. The predicted octanol–water partition coefficient (Wildman–Crippen LogP) is 3.29. The summed E-state index contributed by atoms with van der Waals surface area (Å²) in [6.45, 7) is 0. The van der Waals surface area contributed by atoms with Gasteiger partial charge in [0, 0.05) is 10.5 Å². The van der Waals surface area contributed by atoms with Crippen LogP contribution in [0.3, 0.4) is 0 Å². The molecule has 0 heterocycles. The highest BCUT2D eigenvalue weighted by Gasteiger charge is 2.08. The lowest BCUT2D eigenvalue weighted by molar-refractivity contribution is -0.140. The summed E-state index contributed by atoms with van der Waals surface area (Å²) in [5, 5.41) is 0. The molecule has 0 N–H and O–H groups in total. The first kappa shape index (κ1) is 13.5. The number of esters is 1. The van der Waals surface area contributed by atoms with Crippen LogP contribution in [0.1, 0.15) is 5.56 Å². The van der Waals surface area contributed by atoms with Gasteiger partial charge in [0.25, 0.3) is 0 Å². The Morgan fingerprint density at radius 2 is 2.12 bits per heavy atom. The van der Waals surface area contributed by atoms with E-state index in [9.17, 15) is 4.79 Å². The van der Waals surface area contributed by atoms with Gasteiger partial charge in [0.05, 0.1) is 5.88 Å². The molecule has 4 heteroatoms. The van der Waals surface area contributed by atoms with Crippen LogP contribution >= 0.6 is 34.2 Å². The van der Waals surface area contributed by atoms with Crippen molar-refractivity contribution in [3.8, 4) is 0 Å². The van der Waals surface area contributed by atoms with Gasteiger partial charge in [0.1, 0.15) is 6.10 Å². The van der Waals surface area contributed by atoms with Crippen molar-refractivity contribution in [2.45, 2.75) is 6.10 Å². The normalized spacial score (nSPS) is 12.6. The summed E-state index contributed by atoms with van der Waals surface area (Å²) in [5.41, 5.74) is 0.969. The molecule has 1 unspecified atom stereocenters. The molecule has 16 heavy (non-hydrogen) atoms. The number of rotatable bonds is 5. The van der Waals surface area contributed by atoms with Gasteiger partial charge in [-0.25, -0.2) is 4.79 Å². The van der Waals surface area contributed by atoms with Crippen LogP contribution in [0.15, 0.2) is 36.4 Å². The number of benzene rings is 1. The van der Waals surface area contributed by atoms with E-state index in [-0.39, 0.29) is 12.1 Å². The molecule has 0 aromatic heterocycles. The van der Waals surface area contributed by atoms with Crippen LogP contribution in [-0.2, 0) is 9.53 Å². The zero-order valence-electron chi connectivity index (χ0n) is 8.61. The maximum Gasteiger partial charge on any atom is 0.331 e. The van der Waals surface area contributed by atoms with Gasteiger partial charge in [-0.1, -0.05) is 52.9 Å². The highest BCUT2D eigenvalue weighted by molar-refractivity contribution is 14.1. The van der Waals surface area contributed by atoms with Gasteiger partial charge in [-0.05, 0) is 11.6 Å². The van der Waals surface area contributed by atoms with Crippen LogP contribution in [0.5, 0.6) is 0 Å². The summed E-state index contributed by atoms with van der Waals surface area (Å²) < 4.78 is 5.81. The van der Waals surface area contributed by atoms with Crippen LogP contribution < -0.4 is 0 Å². The molecule has 0 saturated heterocycles. The predicted molar refractivity (Wildman–Crippen MR) is 75.0 cm³/mol. The summed E-state index contributed by atoms with van der Waals surface area (Å²) in [6, 6.07) is 9.59. The molecule has 0 aliphatic rings. The topological polar surface area (TPSA) is 26.3 Å². The SMILES string of the molecule is O=C(/C=C/c1ccccc1)OC(CCl)CI. The quantitative estimate of drug-likeness (QED) is 0.352. The van der Waals surface area contributed by atoms with Crippen LogP contribution in [0.25, 0.3) is 6.08 Å². The van der Waals surface area contributed by atoms with Crippen molar-refractivity contribution >= 4 is 46.2 Å². The summed E-state index contributed by atoms with van der Waals surface area (Å²) >= 11 is 7.76. The molecule has 0 bridgehead atoms. The Morgan fingerprint density at radius 1 is 1.44 bits per heavy atom. The average molecular weight is 351 g/mol. The Labute approximate surface area is 114 Å². The Balaban J connectivity index is 2.48. The third kappa shape index (κ3) is 4.99. The van der Waals surface area contributed by atoms with E-state index < -0.39 is 0 Å². The zero-order valence-corrected chi connectivity index (χ0v) is 11.5. The first-order valence-electron chi connectivity index (χ1n) is 4.82. The molecular formula is C12H12ClIO2. The van der Waals surface area contributed by atoms with Crippen LogP contribution in [0.4, 0.5) is 0 Å². The van der Waals surface area contributed by atoms with Crippen molar-refractivity contribution < 1.29 is 9.53 Å². The van der Waals surface area contributed by atoms with E-state index in [1.54, 1.807) is 6.08 Å². The van der Waals surface area contributed by atoms with Gasteiger partial charge >= 0.3 is 5.97 Å². The Bertz CT molecular complexity index is 347. The highest BCUT2D eigenvalue weighted by atomic mass is 127. The van der Waals surface area contributed by atoms with E-state index in [0.29, 0.717) is 10.3 Å². The average Bonchev–Trinajstić information content (AvgIpc) is 2.34. The minimum absolute atomic E-state index is 0.213. The Morgan fingerprint density at radius 3 is 2.69 bits per heavy atom. The third-order valence-electron chi connectivity index (χ3n) is 1.84. The van der Waals surface area contributed by atoms with Crippen LogP contribution in [0.2, 0.25) is 0 Å². The van der Waals surface area contributed by atoms with E-state index in [1.165, 1.54) is 6.08 Å². The molecule has 1 atom stereocenters. The molecule has 0 spiro atoms. The van der Waals surface area contributed by atoms with E-state index in [1.807, 2.05) is 30.3 Å². The number of hydrogen-bond donors (Lipinski definition) is 0. The van der Waals surface area contributed by atoms with Crippen molar-refractivity contribution in [1.29, 1.82) is 0 Å². The number of halogens is 2. The monoisotopic (exact) mass is 350 g/mol. The molecule has 1 aromatic carbocycles. The zero-order chi connectivity index (χ0) is 11.8. The Kier molecular flexibility index (Phi) is 6.49. The smallest absolute Gasteiger partial charge is 0.331 e. The fourth-order valence-electron chi connectivity index (χ4n) is 1.04. The molecular weight excluding hydrogens is 338 g/mol. The molecule has 1 aromatic rings. The number of carbonyl (C=O) groups excluding carboxylic acids is 1. The maximum absolute atomic E-state index is 11.4. The summed E-state index contributed by atoms with van der Waals surface area (Å²) in [7, 11) is 0. The van der Waals surface area contributed by atoms with E-state index in [2.05, 4.69) is 22.6 Å². The summed E-state index contributed by atoms with van der Waals surface area (Å²) in [4.78, 5) is 11.4. The number of hydrogen-bond acceptors (Lipinski definition) is 2. The second kappa shape index (κ2) is 7.68. The van der Waals surface area contributed by atoms with Gasteiger partial charge in [-0.3, -0.25) is 0 Å². The van der Waals surface area contributed by atoms with Crippen molar-refractivity contribution in [3.05, 3.63) is 42.0 Å². The first-order valence-corrected chi connectivity index (χ1v) is 6.88. The third-order valence-corrected chi connectivity index (χ3v) is 3.17. The van der Waals surface area contributed by atoms with Gasteiger partial charge in [-0.15, -0.1) is 11.6 Å². The molecule has 0 saturated carbocycles. The lowest BCUT2D eigenvalue weighted by atomic mass is 10.2. The molecule has 0 amide bonds. The molecule has 0 aliphatic heterocycles. The van der Waals surface area contributed by atoms with Crippen LogP contribution in [0, 0.1) is 0 Å². The molecule has 1 rings (SSSR count). The van der Waals surface area contributed by atoms with Gasteiger partial charge < -0.3 is 4.74 Å². The second-order valence-corrected chi connectivity index (χ2v) is 4.30. The van der Waals surface area contributed by atoms with E-state index >= 15 is 0 Å². The standard InChI is InChI=1S/C12H12ClIO2/c13-8-11(9-14)16-12(15)7-6-10-4-2-1-3-5-10/h1-7,11H,8-9H2/b7-6+.